The highest BCUT2D eigenvalue weighted by molar-refractivity contribution is 5.96. The predicted molar refractivity (Wildman–Crippen MR) is 129 cm³/mol. The van der Waals surface area contributed by atoms with E-state index in [4.69, 9.17) is 4.42 Å². The van der Waals surface area contributed by atoms with Crippen molar-refractivity contribution in [3.05, 3.63) is 71.0 Å². The Bertz CT molecular complexity index is 1220. The monoisotopic (exact) mass is 483 g/mol. The molecule has 3 aromatic rings. The molecule has 35 heavy (non-hydrogen) atoms. The van der Waals surface area contributed by atoms with Crippen LogP contribution in [-0.2, 0) is 12.1 Å². The fourth-order valence-electron chi connectivity index (χ4n) is 5.12. The SMILES string of the molecule is CN1CCCN(C(=O)c2cc3cc(C4(O)CCN(Cc5cc(F)ccc5F)CC4)ccc3o2)CC1. The Morgan fingerprint density at radius 1 is 1.00 bits per heavy atom. The second-order valence-electron chi connectivity index (χ2n) is 9.86. The second-order valence-corrected chi connectivity index (χ2v) is 9.86. The molecule has 1 amide bonds. The van der Waals surface area contributed by atoms with Gasteiger partial charge >= 0.3 is 0 Å². The number of aliphatic hydroxyl groups is 1. The van der Waals surface area contributed by atoms with Crippen LogP contribution in [0.15, 0.2) is 46.9 Å². The third-order valence-corrected chi connectivity index (χ3v) is 7.36. The van der Waals surface area contributed by atoms with Gasteiger partial charge in [0.05, 0.1) is 5.60 Å². The number of likely N-dealkylation sites (N-methyl/N-ethyl adjacent to an activating group) is 1. The summed E-state index contributed by atoms with van der Waals surface area (Å²) in [6, 6.07) is 10.8. The lowest BCUT2D eigenvalue weighted by Gasteiger charge is -2.38. The number of nitrogens with zero attached hydrogens (tertiary/aromatic N) is 3. The summed E-state index contributed by atoms with van der Waals surface area (Å²) in [5.41, 5.74) is 0.690. The Hall–Kier alpha value is -2.81. The van der Waals surface area contributed by atoms with Crippen LogP contribution < -0.4 is 0 Å². The number of piperidine rings is 1. The van der Waals surface area contributed by atoms with Gasteiger partial charge in [0.2, 0.25) is 0 Å². The van der Waals surface area contributed by atoms with Gasteiger partial charge in [0.25, 0.3) is 5.91 Å². The number of carbonyl (C=O) groups is 1. The fourth-order valence-corrected chi connectivity index (χ4v) is 5.12. The number of amides is 1. The Balaban J connectivity index is 1.27. The maximum atomic E-state index is 14.0. The van der Waals surface area contributed by atoms with Crippen molar-refractivity contribution in [1.82, 2.24) is 14.7 Å². The van der Waals surface area contributed by atoms with Crippen LogP contribution in [0.25, 0.3) is 11.0 Å². The first-order valence-electron chi connectivity index (χ1n) is 12.2. The molecule has 0 atom stereocenters. The summed E-state index contributed by atoms with van der Waals surface area (Å²) in [5.74, 6) is -0.658. The number of fused-ring (bicyclic) bond motifs is 1. The highest BCUT2D eigenvalue weighted by Gasteiger charge is 2.34. The zero-order valence-electron chi connectivity index (χ0n) is 20.0. The number of rotatable bonds is 4. The van der Waals surface area contributed by atoms with E-state index >= 15 is 0 Å². The summed E-state index contributed by atoms with van der Waals surface area (Å²) in [4.78, 5) is 19.1. The Morgan fingerprint density at radius 2 is 1.80 bits per heavy atom. The normalized spacial score (nSPS) is 19.7. The number of halogens is 2. The van der Waals surface area contributed by atoms with Crippen molar-refractivity contribution in [3.8, 4) is 0 Å². The molecule has 2 aromatic carbocycles. The van der Waals surface area contributed by atoms with E-state index < -0.39 is 17.2 Å². The average molecular weight is 484 g/mol. The molecule has 0 radical (unpaired) electrons. The molecule has 0 saturated carbocycles. The summed E-state index contributed by atoms with van der Waals surface area (Å²) in [6.45, 7) is 4.62. The maximum Gasteiger partial charge on any atom is 0.289 e. The summed E-state index contributed by atoms with van der Waals surface area (Å²) in [5, 5.41) is 12.2. The lowest BCUT2D eigenvalue weighted by molar-refractivity contribution is -0.0278. The van der Waals surface area contributed by atoms with Gasteiger partial charge in [-0.2, -0.15) is 0 Å². The van der Waals surface area contributed by atoms with Gasteiger partial charge in [0, 0.05) is 50.2 Å². The van der Waals surface area contributed by atoms with Gasteiger partial charge in [-0.25, -0.2) is 8.78 Å². The van der Waals surface area contributed by atoms with E-state index in [1.807, 2.05) is 28.0 Å². The molecule has 0 unspecified atom stereocenters. The van der Waals surface area contributed by atoms with Crippen LogP contribution in [0.3, 0.4) is 0 Å². The molecule has 8 heteroatoms. The first kappa shape index (κ1) is 23.9. The van der Waals surface area contributed by atoms with Gasteiger partial charge in [-0.1, -0.05) is 6.07 Å². The Labute approximate surface area is 203 Å². The van der Waals surface area contributed by atoms with E-state index in [2.05, 4.69) is 11.9 Å². The van der Waals surface area contributed by atoms with Crippen molar-refractivity contribution in [2.45, 2.75) is 31.4 Å². The van der Waals surface area contributed by atoms with Crippen molar-refractivity contribution >= 4 is 16.9 Å². The highest BCUT2D eigenvalue weighted by Crippen LogP contribution is 2.35. The minimum atomic E-state index is -1.03. The van der Waals surface area contributed by atoms with Crippen LogP contribution in [0, 0.1) is 11.6 Å². The summed E-state index contributed by atoms with van der Waals surface area (Å²) < 4.78 is 33.4. The Morgan fingerprint density at radius 3 is 2.60 bits per heavy atom. The minimum absolute atomic E-state index is 0.102. The molecule has 0 aliphatic carbocycles. The van der Waals surface area contributed by atoms with Gasteiger partial charge in [0.15, 0.2) is 5.76 Å². The van der Waals surface area contributed by atoms with Crippen LogP contribution in [0.1, 0.15) is 40.9 Å². The second kappa shape index (κ2) is 9.68. The molecule has 1 aromatic heterocycles. The van der Waals surface area contributed by atoms with Crippen molar-refractivity contribution in [1.29, 1.82) is 0 Å². The van der Waals surface area contributed by atoms with Gasteiger partial charge in [0.1, 0.15) is 17.2 Å². The molecule has 2 fully saturated rings. The lowest BCUT2D eigenvalue weighted by Crippen LogP contribution is -2.42. The molecular formula is C27H31F2N3O3. The zero-order chi connectivity index (χ0) is 24.6. The van der Waals surface area contributed by atoms with Gasteiger partial charge in [-0.05, 0) is 74.8 Å². The molecule has 186 valence electrons. The summed E-state index contributed by atoms with van der Waals surface area (Å²) in [7, 11) is 2.06. The molecule has 2 aliphatic heterocycles. The van der Waals surface area contributed by atoms with E-state index in [0.29, 0.717) is 62.5 Å². The molecular weight excluding hydrogens is 452 g/mol. The lowest BCUT2D eigenvalue weighted by atomic mass is 9.84. The first-order chi connectivity index (χ1) is 16.8. The molecule has 6 nitrogen and oxygen atoms in total. The van der Waals surface area contributed by atoms with Gasteiger partial charge in [-0.15, -0.1) is 0 Å². The number of likely N-dealkylation sites (tertiary alicyclic amines) is 1. The zero-order valence-corrected chi connectivity index (χ0v) is 20.0. The number of furan rings is 1. The van der Waals surface area contributed by atoms with Gasteiger partial charge in [-0.3, -0.25) is 9.69 Å². The van der Waals surface area contributed by atoms with Crippen molar-refractivity contribution in [2.75, 3.05) is 46.3 Å². The van der Waals surface area contributed by atoms with Crippen LogP contribution in [0.2, 0.25) is 0 Å². The van der Waals surface area contributed by atoms with Crippen LogP contribution >= 0.6 is 0 Å². The van der Waals surface area contributed by atoms with Crippen molar-refractivity contribution in [3.63, 3.8) is 0 Å². The Kier molecular flexibility index (Phi) is 6.61. The molecule has 0 bridgehead atoms. The number of hydrogen-bond donors (Lipinski definition) is 1. The molecule has 0 spiro atoms. The largest absolute Gasteiger partial charge is 0.451 e. The minimum Gasteiger partial charge on any atom is -0.451 e. The third kappa shape index (κ3) is 5.10. The van der Waals surface area contributed by atoms with Crippen molar-refractivity contribution < 1.29 is 23.1 Å². The van der Waals surface area contributed by atoms with E-state index in [0.717, 1.165) is 42.6 Å². The summed E-state index contributed by atoms with van der Waals surface area (Å²) >= 11 is 0. The molecule has 5 rings (SSSR count). The quantitative estimate of drug-likeness (QED) is 0.609. The topological polar surface area (TPSA) is 60.2 Å². The number of hydrogen-bond acceptors (Lipinski definition) is 5. The third-order valence-electron chi connectivity index (χ3n) is 7.36. The first-order valence-corrected chi connectivity index (χ1v) is 12.2. The average Bonchev–Trinajstić information content (AvgIpc) is 3.16. The van der Waals surface area contributed by atoms with Crippen LogP contribution in [-0.4, -0.2) is 72.0 Å². The van der Waals surface area contributed by atoms with E-state index in [-0.39, 0.29) is 5.91 Å². The van der Waals surface area contributed by atoms with E-state index in [1.54, 1.807) is 6.07 Å². The van der Waals surface area contributed by atoms with Gasteiger partial charge < -0.3 is 19.3 Å². The van der Waals surface area contributed by atoms with E-state index in [9.17, 15) is 18.7 Å². The molecule has 2 saturated heterocycles. The number of carbonyl (C=O) groups excluding carboxylic acids is 1. The fraction of sp³-hybridized carbons (Fsp3) is 0.444. The standard InChI is InChI=1S/C27H31F2N3O3/c1-30-9-2-10-32(14-13-30)26(33)25-17-19-15-21(3-6-24(19)35-25)27(34)7-11-31(12-8-27)18-20-16-22(28)4-5-23(20)29/h3-6,15-17,34H,2,7-14,18H2,1H3. The summed E-state index contributed by atoms with van der Waals surface area (Å²) in [6.07, 6.45) is 1.88. The van der Waals surface area contributed by atoms with Crippen LogP contribution in [0.4, 0.5) is 8.78 Å². The molecule has 2 aliphatic rings. The maximum absolute atomic E-state index is 14.0. The highest BCUT2D eigenvalue weighted by atomic mass is 19.1. The van der Waals surface area contributed by atoms with E-state index in [1.165, 1.54) is 6.07 Å². The van der Waals surface area contributed by atoms with Crippen molar-refractivity contribution in [2.24, 2.45) is 0 Å². The smallest absolute Gasteiger partial charge is 0.289 e. The predicted octanol–water partition coefficient (Wildman–Crippen LogP) is 3.97. The molecule has 1 N–H and O–H groups in total. The van der Waals surface area contributed by atoms with Crippen LogP contribution in [0.5, 0.6) is 0 Å². The molecule has 3 heterocycles. The number of benzene rings is 2.